The van der Waals surface area contributed by atoms with E-state index < -0.39 is 5.79 Å². The van der Waals surface area contributed by atoms with Gasteiger partial charge in [0.15, 0.2) is 5.79 Å². The van der Waals surface area contributed by atoms with Crippen LogP contribution >= 0.6 is 27.3 Å². The van der Waals surface area contributed by atoms with Crippen molar-refractivity contribution in [1.82, 2.24) is 0 Å². The van der Waals surface area contributed by atoms with Crippen molar-refractivity contribution in [3.63, 3.8) is 0 Å². The van der Waals surface area contributed by atoms with E-state index in [9.17, 15) is 0 Å². The second-order valence-electron chi connectivity index (χ2n) is 7.83. The Morgan fingerprint density at radius 3 is 2.45 bits per heavy atom. The average Bonchev–Trinajstić information content (AvgIpc) is 3.18. The maximum Gasteiger partial charge on any atom is 0.193 e. The van der Waals surface area contributed by atoms with Crippen LogP contribution in [0.5, 0.6) is 17.2 Å². The van der Waals surface area contributed by atoms with E-state index in [0.29, 0.717) is 6.61 Å². The molecule has 1 aliphatic heterocycles. The highest BCUT2D eigenvalue weighted by Gasteiger charge is 2.48. The molecule has 6 heteroatoms. The first kappa shape index (κ1) is 20.7. The largest absolute Gasteiger partial charge is 0.493 e. The fourth-order valence-corrected chi connectivity index (χ4v) is 4.53. The van der Waals surface area contributed by atoms with E-state index in [1.54, 1.807) is 11.3 Å². The molecule has 0 N–H and O–H groups in total. The zero-order chi connectivity index (χ0) is 20.6. The normalized spacial score (nSPS) is 23.4. The van der Waals surface area contributed by atoms with E-state index in [2.05, 4.69) is 54.9 Å². The van der Waals surface area contributed by atoms with Crippen LogP contribution in [0.25, 0.3) is 10.1 Å². The minimum atomic E-state index is -0.743. The van der Waals surface area contributed by atoms with Crippen molar-refractivity contribution in [1.29, 1.82) is 0 Å². The Kier molecular flexibility index (Phi) is 5.64. The van der Waals surface area contributed by atoms with Crippen LogP contribution in [-0.4, -0.2) is 23.6 Å². The van der Waals surface area contributed by atoms with Crippen LogP contribution < -0.4 is 9.47 Å². The monoisotopic (exact) mass is 476 g/mol. The molecule has 29 heavy (non-hydrogen) atoms. The SMILES string of the molecule is CC1OC(C)(c2ccc3c(Oc4ccc(OCCBr)cc4)csc3c2)OC1(C)C. The van der Waals surface area contributed by atoms with Gasteiger partial charge in [-0.15, -0.1) is 11.3 Å². The highest BCUT2D eigenvalue weighted by molar-refractivity contribution is 9.09. The Hall–Kier alpha value is -1.60. The standard InChI is InChI=1S/C23H25BrO4S/c1-15-22(2,3)28-23(4,27-15)16-5-10-19-20(14-29-21(19)13-16)26-18-8-6-17(7-9-18)25-12-11-24/h5-10,13-15H,11-12H2,1-4H3. The number of halogens is 1. The second kappa shape index (κ2) is 7.91. The van der Waals surface area contributed by atoms with Crippen LogP contribution in [0.15, 0.2) is 47.8 Å². The summed E-state index contributed by atoms with van der Waals surface area (Å²) >= 11 is 5.01. The smallest absolute Gasteiger partial charge is 0.193 e. The molecule has 0 bridgehead atoms. The summed E-state index contributed by atoms with van der Waals surface area (Å²) < 4.78 is 25.3. The molecule has 0 spiro atoms. The van der Waals surface area contributed by atoms with Crippen LogP contribution in [0, 0.1) is 0 Å². The van der Waals surface area contributed by atoms with E-state index in [0.717, 1.165) is 38.2 Å². The minimum Gasteiger partial charge on any atom is -0.493 e. The lowest BCUT2D eigenvalue weighted by Gasteiger charge is -2.26. The highest BCUT2D eigenvalue weighted by Crippen LogP contribution is 2.45. The van der Waals surface area contributed by atoms with Gasteiger partial charge in [0.25, 0.3) is 0 Å². The Morgan fingerprint density at radius 1 is 1.07 bits per heavy atom. The molecule has 4 nitrogen and oxygen atoms in total. The molecule has 0 amide bonds. The molecule has 2 atom stereocenters. The second-order valence-corrected chi connectivity index (χ2v) is 9.54. The molecule has 1 saturated heterocycles. The Balaban J connectivity index is 1.54. The topological polar surface area (TPSA) is 36.9 Å². The van der Waals surface area contributed by atoms with Gasteiger partial charge in [0.2, 0.25) is 0 Å². The maximum absolute atomic E-state index is 6.26. The first-order valence-electron chi connectivity index (χ1n) is 9.67. The third-order valence-electron chi connectivity index (χ3n) is 5.30. The lowest BCUT2D eigenvalue weighted by Crippen LogP contribution is -2.31. The van der Waals surface area contributed by atoms with Gasteiger partial charge in [0.05, 0.1) is 18.3 Å². The average molecular weight is 477 g/mol. The van der Waals surface area contributed by atoms with Gasteiger partial charge < -0.3 is 18.9 Å². The molecular formula is C23H25BrO4S. The van der Waals surface area contributed by atoms with Crippen LogP contribution in [0.2, 0.25) is 0 Å². The van der Waals surface area contributed by atoms with Crippen molar-refractivity contribution in [3.05, 3.63) is 53.4 Å². The molecule has 2 unspecified atom stereocenters. The van der Waals surface area contributed by atoms with Gasteiger partial charge in [0, 0.05) is 26.4 Å². The third-order valence-corrected chi connectivity index (χ3v) is 6.55. The third kappa shape index (κ3) is 4.17. The van der Waals surface area contributed by atoms with Crippen LogP contribution in [0.1, 0.15) is 33.3 Å². The van der Waals surface area contributed by atoms with Crippen molar-refractivity contribution in [3.8, 4) is 17.2 Å². The number of benzene rings is 2. The number of hydrogen-bond acceptors (Lipinski definition) is 5. The zero-order valence-electron chi connectivity index (χ0n) is 17.0. The van der Waals surface area contributed by atoms with Crippen LogP contribution in [0.3, 0.4) is 0 Å². The molecular weight excluding hydrogens is 452 g/mol. The molecule has 154 valence electrons. The van der Waals surface area contributed by atoms with Gasteiger partial charge >= 0.3 is 0 Å². The molecule has 0 aliphatic carbocycles. The molecule has 1 aliphatic rings. The van der Waals surface area contributed by atoms with E-state index in [1.165, 1.54) is 0 Å². The van der Waals surface area contributed by atoms with Crippen LogP contribution in [-0.2, 0) is 15.3 Å². The highest BCUT2D eigenvalue weighted by atomic mass is 79.9. The summed E-state index contributed by atoms with van der Waals surface area (Å²) in [7, 11) is 0. The zero-order valence-corrected chi connectivity index (χ0v) is 19.4. The van der Waals surface area contributed by atoms with E-state index in [-0.39, 0.29) is 11.7 Å². The predicted molar refractivity (Wildman–Crippen MR) is 121 cm³/mol. The summed E-state index contributed by atoms with van der Waals surface area (Å²) in [5, 5.41) is 3.92. The molecule has 0 saturated carbocycles. The van der Waals surface area contributed by atoms with Crippen LogP contribution in [0.4, 0.5) is 0 Å². The number of thiophene rings is 1. The molecule has 0 radical (unpaired) electrons. The van der Waals surface area contributed by atoms with Crippen molar-refractivity contribution < 1.29 is 18.9 Å². The van der Waals surface area contributed by atoms with Crippen molar-refractivity contribution in [2.24, 2.45) is 0 Å². The predicted octanol–water partition coefficient (Wildman–Crippen LogP) is 6.85. The summed E-state index contributed by atoms with van der Waals surface area (Å²) in [4.78, 5) is 0. The number of fused-ring (bicyclic) bond motifs is 1. The van der Waals surface area contributed by atoms with Gasteiger partial charge in [-0.2, -0.15) is 0 Å². The first-order chi connectivity index (χ1) is 13.8. The number of alkyl halides is 1. The van der Waals surface area contributed by atoms with Gasteiger partial charge in [-0.25, -0.2) is 0 Å². The Morgan fingerprint density at radius 2 is 1.79 bits per heavy atom. The lowest BCUT2D eigenvalue weighted by atomic mass is 10.0. The fourth-order valence-electron chi connectivity index (χ4n) is 3.47. The molecule has 2 aromatic carbocycles. The molecule has 2 heterocycles. The van der Waals surface area contributed by atoms with E-state index >= 15 is 0 Å². The van der Waals surface area contributed by atoms with Gasteiger partial charge in [-0.1, -0.05) is 22.0 Å². The maximum atomic E-state index is 6.26. The summed E-state index contributed by atoms with van der Waals surface area (Å²) in [5.41, 5.74) is 0.696. The summed E-state index contributed by atoms with van der Waals surface area (Å²) in [6.07, 6.45) is 0.0203. The molecule has 1 fully saturated rings. The van der Waals surface area contributed by atoms with E-state index in [4.69, 9.17) is 18.9 Å². The Labute approximate surface area is 183 Å². The summed E-state index contributed by atoms with van der Waals surface area (Å²) in [5.74, 6) is 1.72. The van der Waals surface area contributed by atoms with Crippen molar-refractivity contribution in [2.75, 3.05) is 11.9 Å². The number of hydrogen-bond donors (Lipinski definition) is 0. The minimum absolute atomic E-state index is 0.0203. The quantitative estimate of drug-likeness (QED) is 0.364. The number of ether oxygens (including phenoxy) is 4. The molecule has 1 aromatic heterocycles. The summed E-state index contributed by atoms with van der Waals surface area (Å²) in [6, 6.07) is 14.0. The van der Waals surface area contributed by atoms with Crippen molar-refractivity contribution in [2.45, 2.75) is 45.2 Å². The first-order valence-corrected chi connectivity index (χ1v) is 11.7. The fraction of sp³-hybridized carbons (Fsp3) is 0.391. The van der Waals surface area contributed by atoms with Gasteiger partial charge in [-0.05, 0) is 64.1 Å². The molecule has 4 rings (SSSR count). The Bertz CT molecular complexity index is 998. The summed E-state index contributed by atoms with van der Waals surface area (Å²) in [6.45, 7) is 8.81. The van der Waals surface area contributed by atoms with Gasteiger partial charge in [0.1, 0.15) is 17.2 Å². The van der Waals surface area contributed by atoms with Crippen molar-refractivity contribution >= 4 is 37.4 Å². The molecule has 3 aromatic rings. The number of rotatable bonds is 6. The van der Waals surface area contributed by atoms with E-state index in [1.807, 2.05) is 36.6 Å². The van der Waals surface area contributed by atoms with Gasteiger partial charge in [-0.3, -0.25) is 0 Å². The lowest BCUT2D eigenvalue weighted by molar-refractivity contribution is -0.179.